The minimum absolute atomic E-state index is 0.0166. The summed E-state index contributed by atoms with van der Waals surface area (Å²) in [5, 5.41) is 2.56. The van der Waals surface area contributed by atoms with Crippen LogP contribution in [0.4, 0.5) is 8.78 Å². The monoisotopic (exact) mass is 324 g/mol. The van der Waals surface area contributed by atoms with Crippen LogP contribution in [0.15, 0.2) is 41.3 Å². The van der Waals surface area contributed by atoms with E-state index in [0.29, 0.717) is 5.56 Å². The lowest BCUT2D eigenvalue weighted by molar-refractivity contribution is -0.0512. The van der Waals surface area contributed by atoms with Crippen LogP contribution in [0.5, 0.6) is 11.5 Å². The predicted octanol–water partition coefficient (Wildman–Crippen LogP) is 1.91. The van der Waals surface area contributed by atoms with Crippen molar-refractivity contribution < 1.29 is 23.0 Å². The SMILES string of the molecule is COc1cc(CNC(=O)c2ccc[nH]c2=O)ccc1OC(F)F. The molecule has 1 amide bonds. The Morgan fingerprint density at radius 2 is 2.09 bits per heavy atom. The number of alkyl halides is 2. The summed E-state index contributed by atoms with van der Waals surface area (Å²) < 4.78 is 33.8. The van der Waals surface area contributed by atoms with E-state index in [1.165, 1.54) is 43.6 Å². The van der Waals surface area contributed by atoms with Gasteiger partial charge in [-0.3, -0.25) is 9.59 Å². The molecule has 6 nitrogen and oxygen atoms in total. The minimum atomic E-state index is -2.96. The maximum atomic E-state index is 12.2. The number of aromatic amines is 1. The standard InChI is InChI=1S/C15H14F2N2O4/c1-22-12-7-9(4-5-11(12)23-15(16)17)8-19-14(21)10-3-2-6-18-13(10)20/h2-7,15H,8H2,1H3,(H,18,20)(H,19,21). The van der Waals surface area contributed by atoms with Crippen molar-refractivity contribution in [2.24, 2.45) is 0 Å². The maximum Gasteiger partial charge on any atom is 0.387 e. The highest BCUT2D eigenvalue weighted by molar-refractivity contribution is 5.93. The zero-order valence-electron chi connectivity index (χ0n) is 12.1. The summed E-state index contributed by atoms with van der Waals surface area (Å²) >= 11 is 0. The van der Waals surface area contributed by atoms with Crippen molar-refractivity contribution >= 4 is 5.91 Å². The van der Waals surface area contributed by atoms with Gasteiger partial charge < -0.3 is 19.8 Å². The van der Waals surface area contributed by atoms with Gasteiger partial charge in [0.25, 0.3) is 11.5 Å². The van der Waals surface area contributed by atoms with Crippen LogP contribution in [0.25, 0.3) is 0 Å². The van der Waals surface area contributed by atoms with Crippen molar-refractivity contribution in [3.8, 4) is 11.5 Å². The van der Waals surface area contributed by atoms with Crippen molar-refractivity contribution in [1.82, 2.24) is 10.3 Å². The number of methoxy groups -OCH3 is 1. The minimum Gasteiger partial charge on any atom is -0.493 e. The Kier molecular flexibility index (Phi) is 5.29. The number of carbonyl (C=O) groups excluding carboxylic acids is 1. The summed E-state index contributed by atoms with van der Waals surface area (Å²) in [5.74, 6) is -0.523. The van der Waals surface area contributed by atoms with Gasteiger partial charge in [0, 0.05) is 12.7 Å². The van der Waals surface area contributed by atoms with Crippen molar-refractivity contribution in [3.05, 3.63) is 58.0 Å². The first-order chi connectivity index (χ1) is 11.0. The number of nitrogens with one attached hydrogen (secondary N) is 2. The molecular formula is C15H14F2N2O4. The van der Waals surface area contributed by atoms with Crippen LogP contribution < -0.4 is 20.3 Å². The van der Waals surface area contributed by atoms with E-state index in [9.17, 15) is 18.4 Å². The lowest BCUT2D eigenvalue weighted by atomic mass is 10.2. The topological polar surface area (TPSA) is 80.4 Å². The number of H-pyrrole nitrogens is 1. The van der Waals surface area contributed by atoms with Crippen molar-refractivity contribution in [1.29, 1.82) is 0 Å². The van der Waals surface area contributed by atoms with Gasteiger partial charge in [0.1, 0.15) is 5.56 Å². The van der Waals surface area contributed by atoms with Gasteiger partial charge in [0.05, 0.1) is 7.11 Å². The summed E-state index contributed by atoms with van der Waals surface area (Å²) in [6.45, 7) is -2.86. The van der Waals surface area contributed by atoms with Crippen LogP contribution in [0, 0.1) is 0 Å². The molecule has 1 heterocycles. The summed E-state index contributed by atoms with van der Waals surface area (Å²) in [6, 6.07) is 7.23. The molecule has 2 aromatic rings. The van der Waals surface area contributed by atoms with E-state index in [1.54, 1.807) is 0 Å². The zero-order valence-corrected chi connectivity index (χ0v) is 12.1. The van der Waals surface area contributed by atoms with Crippen LogP contribution in [-0.2, 0) is 6.54 Å². The fraction of sp³-hybridized carbons (Fsp3) is 0.200. The van der Waals surface area contributed by atoms with Gasteiger partial charge in [0.15, 0.2) is 11.5 Å². The van der Waals surface area contributed by atoms with E-state index in [-0.39, 0.29) is 23.6 Å². The van der Waals surface area contributed by atoms with Crippen molar-refractivity contribution in [3.63, 3.8) is 0 Å². The molecule has 0 unspecified atom stereocenters. The molecule has 0 saturated heterocycles. The molecule has 1 aromatic carbocycles. The van der Waals surface area contributed by atoms with Crippen LogP contribution >= 0.6 is 0 Å². The van der Waals surface area contributed by atoms with E-state index in [4.69, 9.17) is 4.74 Å². The molecule has 0 aliphatic heterocycles. The van der Waals surface area contributed by atoms with E-state index in [0.717, 1.165) is 0 Å². The second-order valence-corrected chi connectivity index (χ2v) is 4.46. The molecule has 8 heteroatoms. The Bertz CT molecular complexity index is 746. The molecule has 1 aromatic heterocycles. The number of aromatic nitrogens is 1. The third kappa shape index (κ3) is 4.29. The second kappa shape index (κ2) is 7.39. The number of pyridine rings is 1. The normalized spacial score (nSPS) is 10.4. The van der Waals surface area contributed by atoms with E-state index >= 15 is 0 Å². The molecule has 0 aliphatic carbocycles. The first kappa shape index (κ1) is 16.5. The van der Waals surface area contributed by atoms with Gasteiger partial charge in [0.2, 0.25) is 0 Å². The van der Waals surface area contributed by atoms with Crippen LogP contribution in [0.3, 0.4) is 0 Å². The number of carbonyl (C=O) groups is 1. The van der Waals surface area contributed by atoms with E-state index in [2.05, 4.69) is 15.0 Å². The number of benzene rings is 1. The number of hydrogen-bond donors (Lipinski definition) is 2. The highest BCUT2D eigenvalue weighted by Crippen LogP contribution is 2.29. The molecule has 0 fully saturated rings. The highest BCUT2D eigenvalue weighted by atomic mass is 19.3. The quantitative estimate of drug-likeness (QED) is 0.851. The van der Waals surface area contributed by atoms with Crippen LogP contribution in [0.1, 0.15) is 15.9 Å². The Morgan fingerprint density at radius 1 is 1.30 bits per heavy atom. The highest BCUT2D eigenvalue weighted by Gasteiger charge is 2.12. The first-order valence-corrected chi connectivity index (χ1v) is 6.59. The van der Waals surface area contributed by atoms with Gasteiger partial charge >= 0.3 is 6.61 Å². The molecule has 0 aliphatic rings. The lowest BCUT2D eigenvalue weighted by Crippen LogP contribution is -2.28. The molecule has 2 rings (SSSR count). The van der Waals surface area contributed by atoms with Gasteiger partial charge in [-0.15, -0.1) is 0 Å². The summed E-state index contributed by atoms with van der Waals surface area (Å²) in [7, 11) is 1.32. The fourth-order valence-corrected chi connectivity index (χ4v) is 1.89. The molecule has 0 spiro atoms. The lowest BCUT2D eigenvalue weighted by Gasteiger charge is -2.11. The average molecular weight is 324 g/mol. The molecular weight excluding hydrogens is 310 g/mol. The second-order valence-electron chi connectivity index (χ2n) is 4.46. The Labute approximate surface area is 130 Å². The smallest absolute Gasteiger partial charge is 0.387 e. The van der Waals surface area contributed by atoms with Crippen molar-refractivity contribution in [2.75, 3.05) is 7.11 Å². The molecule has 0 atom stereocenters. The number of halogens is 2. The zero-order chi connectivity index (χ0) is 16.8. The van der Waals surface area contributed by atoms with Gasteiger partial charge in [-0.05, 0) is 29.8 Å². The maximum absolute atomic E-state index is 12.2. The molecule has 0 radical (unpaired) electrons. The van der Waals surface area contributed by atoms with Crippen LogP contribution in [-0.4, -0.2) is 24.6 Å². The van der Waals surface area contributed by atoms with Gasteiger partial charge in [-0.2, -0.15) is 8.78 Å². The largest absolute Gasteiger partial charge is 0.493 e. The summed E-state index contributed by atoms with van der Waals surface area (Å²) in [6.07, 6.45) is 1.42. The number of rotatable bonds is 6. The summed E-state index contributed by atoms with van der Waals surface area (Å²) in [4.78, 5) is 25.8. The molecule has 122 valence electrons. The number of ether oxygens (including phenoxy) is 2. The van der Waals surface area contributed by atoms with E-state index in [1.807, 2.05) is 0 Å². The average Bonchev–Trinajstić information content (AvgIpc) is 2.53. The predicted molar refractivity (Wildman–Crippen MR) is 77.9 cm³/mol. The Balaban J connectivity index is 2.07. The van der Waals surface area contributed by atoms with Crippen LogP contribution in [0.2, 0.25) is 0 Å². The van der Waals surface area contributed by atoms with Crippen molar-refractivity contribution in [2.45, 2.75) is 13.2 Å². The Morgan fingerprint density at radius 3 is 2.74 bits per heavy atom. The molecule has 0 saturated carbocycles. The third-order valence-corrected chi connectivity index (χ3v) is 2.96. The van der Waals surface area contributed by atoms with E-state index < -0.39 is 18.1 Å². The number of hydrogen-bond acceptors (Lipinski definition) is 4. The molecule has 0 bridgehead atoms. The van der Waals surface area contributed by atoms with Gasteiger partial charge in [-0.25, -0.2) is 0 Å². The Hall–Kier alpha value is -2.90. The molecule has 2 N–H and O–H groups in total. The summed E-state index contributed by atoms with van der Waals surface area (Å²) in [5.41, 5.74) is 0.0876. The molecule has 23 heavy (non-hydrogen) atoms. The third-order valence-electron chi connectivity index (χ3n) is 2.96. The number of amides is 1. The fourth-order valence-electron chi connectivity index (χ4n) is 1.89. The first-order valence-electron chi connectivity index (χ1n) is 6.59. The van der Waals surface area contributed by atoms with Gasteiger partial charge in [-0.1, -0.05) is 6.07 Å².